The summed E-state index contributed by atoms with van der Waals surface area (Å²) in [6, 6.07) is 5.16. The van der Waals surface area contributed by atoms with Crippen molar-refractivity contribution in [2.24, 2.45) is 0 Å². The zero-order chi connectivity index (χ0) is 17.6. The molecule has 2 N–H and O–H groups in total. The van der Waals surface area contributed by atoms with E-state index in [-0.39, 0.29) is 18.4 Å². The molecule has 0 aromatic heterocycles. The number of carbonyl (C=O) groups excluding carboxylic acids is 2. The summed E-state index contributed by atoms with van der Waals surface area (Å²) in [5, 5.41) is 5.85. The van der Waals surface area contributed by atoms with Crippen LogP contribution < -0.4 is 15.4 Å². The van der Waals surface area contributed by atoms with Crippen molar-refractivity contribution in [1.82, 2.24) is 5.32 Å². The van der Waals surface area contributed by atoms with Crippen molar-refractivity contribution < 1.29 is 19.1 Å². The fourth-order valence-electron chi connectivity index (χ4n) is 3.28. The van der Waals surface area contributed by atoms with Gasteiger partial charge >= 0.3 is 12.0 Å². The number of anilines is 1. The Morgan fingerprint density at radius 2 is 1.88 bits per heavy atom. The maximum Gasteiger partial charge on any atom is 0.319 e. The number of benzene rings is 1. The van der Waals surface area contributed by atoms with Crippen molar-refractivity contribution in [1.29, 1.82) is 0 Å². The van der Waals surface area contributed by atoms with Gasteiger partial charge in [-0.3, -0.25) is 4.79 Å². The Kier molecular flexibility index (Phi) is 6.06. The Balaban J connectivity index is 2.04. The van der Waals surface area contributed by atoms with Crippen LogP contribution in [0.15, 0.2) is 18.2 Å². The van der Waals surface area contributed by atoms with E-state index in [0.29, 0.717) is 5.69 Å². The van der Waals surface area contributed by atoms with E-state index in [4.69, 9.17) is 9.47 Å². The Morgan fingerprint density at radius 1 is 1.17 bits per heavy atom. The fraction of sp³-hybridized carbons (Fsp3) is 0.556. The topological polar surface area (TPSA) is 76.7 Å². The first-order chi connectivity index (χ1) is 11.5. The zero-order valence-electron chi connectivity index (χ0n) is 14.6. The number of rotatable bonds is 5. The van der Waals surface area contributed by atoms with Gasteiger partial charge in [0.25, 0.3) is 0 Å². The van der Waals surface area contributed by atoms with Gasteiger partial charge in [-0.05, 0) is 43.5 Å². The van der Waals surface area contributed by atoms with Gasteiger partial charge in [0.1, 0.15) is 5.75 Å². The van der Waals surface area contributed by atoms with Gasteiger partial charge < -0.3 is 20.1 Å². The molecule has 2 amide bonds. The minimum atomic E-state index is -0.517. The van der Waals surface area contributed by atoms with Crippen LogP contribution in [0.25, 0.3) is 0 Å². The molecule has 1 saturated carbocycles. The smallest absolute Gasteiger partial charge is 0.319 e. The summed E-state index contributed by atoms with van der Waals surface area (Å²) in [5.41, 5.74) is 1.11. The van der Waals surface area contributed by atoms with Crippen LogP contribution in [0.4, 0.5) is 10.5 Å². The Labute approximate surface area is 142 Å². The van der Waals surface area contributed by atoms with Crippen LogP contribution in [0.5, 0.6) is 5.75 Å². The fourth-order valence-corrected chi connectivity index (χ4v) is 3.28. The molecular formula is C18H26N2O4. The van der Waals surface area contributed by atoms with Crippen molar-refractivity contribution in [3.8, 4) is 5.75 Å². The molecule has 1 aliphatic rings. The molecule has 0 aliphatic heterocycles. The van der Waals surface area contributed by atoms with Crippen molar-refractivity contribution >= 4 is 17.7 Å². The van der Waals surface area contributed by atoms with Crippen LogP contribution in [0, 0.1) is 6.92 Å². The second kappa shape index (κ2) is 8.04. The van der Waals surface area contributed by atoms with Crippen LogP contribution >= 0.6 is 0 Å². The van der Waals surface area contributed by atoms with E-state index in [9.17, 15) is 9.59 Å². The lowest BCUT2D eigenvalue weighted by molar-refractivity contribution is -0.142. The lowest BCUT2D eigenvalue weighted by Crippen LogP contribution is -2.52. The summed E-state index contributed by atoms with van der Waals surface area (Å²) in [6.07, 6.45) is 4.91. The van der Waals surface area contributed by atoms with E-state index >= 15 is 0 Å². The van der Waals surface area contributed by atoms with E-state index in [2.05, 4.69) is 10.6 Å². The highest BCUT2D eigenvalue weighted by molar-refractivity contribution is 5.90. The first-order valence-corrected chi connectivity index (χ1v) is 8.29. The van der Waals surface area contributed by atoms with Gasteiger partial charge in [-0.15, -0.1) is 0 Å². The number of hydrogen-bond donors (Lipinski definition) is 2. The quantitative estimate of drug-likeness (QED) is 0.809. The van der Waals surface area contributed by atoms with Crippen LogP contribution in [0.2, 0.25) is 0 Å². The van der Waals surface area contributed by atoms with Gasteiger partial charge in [-0.1, -0.05) is 19.3 Å². The summed E-state index contributed by atoms with van der Waals surface area (Å²) in [7, 11) is 2.99. The average Bonchev–Trinajstić information content (AvgIpc) is 2.55. The van der Waals surface area contributed by atoms with Crippen molar-refractivity contribution in [2.45, 2.75) is 51.0 Å². The van der Waals surface area contributed by atoms with E-state index < -0.39 is 5.54 Å². The largest absolute Gasteiger partial charge is 0.496 e. The van der Waals surface area contributed by atoms with Crippen LogP contribution in [0.1, 0.15) is 44.1 Å². The predicted molar refractivity (Wildman–Crippen MR) is 92.3 cm³/mol. The third-order valence-corrected chi connectivity index (χ3v) is 4.55. The third kappa shape index (κ3) is 4.63. The number of carbonyl (C=O) groups is 2. The molecule has 132 valence electrons. The van der Waals surface area contributed by atoms with Crippen LogP contribution in [-0.4, -0.2) is 31.8 Å². The van der Waals surface area contributed by atoms with Crippen LogP contribution in [0.3, 0.4) is 0 Å². The van der Waals surface area contributed by atoms with E-state index in [1.807, 2.05) is 19.1 Å². The van der Waals surface area contributed by atoms with Gasteiger partial charge in [0.05, 0.1) is 26.2 Å². The van der Waals surface area contributed by atoms with E-state index in [1.54, 1.807) is 13.2 Å². The molecule has 0 heterocycles. The summed E-state index contributed by atoms with van der Waals surface area (Å²) in [5.74, 6) is 0.480. The van der Waals surface area contributed by atoms with Crippen LogP contribution in [-0.2, 0) is 9.53 Å². The number of methoxy groups -OCH3 is 2. The number of hydrogen-bond acceptors (Lipinski definition) is 4. The summed E-state index contributed by atoms with van der Waals surface area (Å²) in [6.45, 7) is 1.92. The normalized spacial score (nSPS) is 16.1. The molecule has 0 bridgehead atoms. The standard InChI is InChI=1S/C18H26N2O4/c1-13-11-14(7-8-15(13)23-2)19-17(22)20-18(12-16(21)24-3)9-5-4-6-10-18/h7-8,11H,4-6,9-10,12H2,1-3H3,(H2,19,20,22). The molecule has 1 aromatic carbocycles. The molecule has 0 saturated heterocycles. The number of esters is 1. The van der Waals surface area contributed by atoms with Gasteiger partial charge in [-0.25, -0.2) is 4.79 Å². The maximum atomic E-state index is 12.4. The highest BCUT2D eigenvalue weighted by Crippen LogP contribution is 2.31. The zero-order valence-corrected chi connectivity index (χ0v) is 14.6. The summed E-state index contributed by atoms with van der Waals surface area (Å²) < 4.78 is 10.0. The number of ether oxygens (including phenoxy) is 2. The molecule has 1 aromatic rings. The SMILES string of the molecule is COC(=O)CC1(NC(=O)Nc2ccc(OC)c(C)c2)CCCCC1. The minimum Gasteiger partial charge on any atom is -0.496 e. The number of amides is 2. The van der Waals surface area contributed by atoms with E-state index in [0.717, 1.165) is 43.4 Å². The lowest BCUT2D eigenvalue weighted by atomic mass is 9.79. The molecule has 24 heavy (non-hydrogen) atoms. The molecule has 0 spiro atoms. The van der Waals surface area contributed by atoms with Crippen molar-refractivity contribution in [3.63, 3.8) is 0 Å². The summed E-state index contributed by atoms with van der Waals surface area (Å²) in [4.78, 5) is 24.1. The molecule has 0 unspecified atom stereocenters. The molecule has 1 fully saturated rings. The maximum absolute atomic E-state index is 12.4. The van der Waals surface area contributed by atoms with Crippen molar-refractivity contribution in [3.05, 3.63) is 23.8 Å². The average molecular weight is 334 g/mol. The second-order valence-electron chi connectivity index (χ2n) is 6.36. The molecule has 0 atom stereocenters. The molecule has 6 heteroatoms. The van der Waals surface area contributed by atoms with E-state index in [1.165, 1.54) is 7.11 Å². The molecular weight excluding hydrogens is 308 g/mol. The van der Waals surface area contributed by atoms with Gasteiger partial charge in [0, 0.05) is 5.69 Å². The second-order valence-corrected chi connectivity index (χ2v) is 6.36. The molecule has 1 aliphatic carbocycles. The highest BCUT2D eigenvalue weighted by Gasteiger charge is 2.36. The van der Waals surface area contributed by atoms with Gasteiger partial charge in [-0.2, -0.15) is 0 Å². The van der Waals surface area contributed by atoms with Crippen molar-refractivity contribution in [2.75, 3.05) is 19.5 Å². The number of aryl methyl sites for hydroxylation is 1. The highest BCUT2D eigenvalue weighted by atomic mass is 16.5. The number of urea groups is 1. The monoisotopic (exact) mass is 334 g/mol. The Bertz CT molecular complexity index is 595. The minimum absolute atomic E-state index is 0.207. The Hall–Kier alpha value is -2.24. The Morgan fingerprint density at radius 3 is 2.46 bits per heavy atom. The number of nitrogens with one attached hydrogen (secondary N) is 2. The first kappa shape index (κ1) is 18.1. The summed E-state index contributed by atoms with van der Waals surface area (Å²) >= 11 is 0. The first-order valence-electron chi connectivity index (χ1n) is 8.29. The van der Waals surface area contributed by atoms with Gasteiger partial charge in [0.15, 0.2) is 0 Å². The van der Waals surface area contributed by atoms with Gasteiger partial charge in [0.2, 0.25) is 0 Å². The lowest BCUT2D eigenvalue weighted by Gasteiger charge is -2.37. The predicted octanol–water partition coefficient (Wildman–Crippen LogP) is 3.39. The third-order valence-electron chi connectivity index (χ3n) is 4.55. The molecule has 0 radical (unpaired) electrons. The molecule has 2 rings (SSSR count). The molecule has 6 nitrogen and oxygen atoms in total.